The quantitative estimate of drug-likeness (QED) is 0.611. The van der Waals surface area contributed by atoms with Crippen molar-refractivity contribution >= 4 is 11.8 Å². The van der Waals surface area contributed by atoms with Crippen LogP contribution in [0.25, 0.3) is 0 Å². The largest absolute Gasteiger partial charge is 0.327 e. The van der Waals surface area contributed by atoms with E-state index in [0.29, 0.717) is 6.04 Å². The maximum absolute atomic E-state index is 5.82. The minimum atomic E-state index is 0.390. The predicted octanol–water partition coefficient (Wildman–Crippen LogP) is 1.80. The lowest BCUT2D eigenvalue weighted by Gasteiger charge is -2.17. The van der Waals surface area contributed by atoms with Gasteiger partial charge in [0.25, 0.3) is 0 Å². The molecule has 13 heavy (non-hydrogen) atoms. The number of hydrogen-bond acceptors (Lipinski definition) is 3. The Bertz CT molecular complexity index is 105. The summed E-state index contributed by atoms with van der Waals surface area (Å²) in [7, 11) is 0. The molecule has 0 aliphatic carbocycles. The molecule has 0 bridgehead atoms. The Morgan fingerprint density at radius 3 is 2.31 bits per heavy atom. The van der Waals surface area contributed by atoms with E-state index >= 15 is 0 Å². The van der Waals surface area contributed by atoms with Crippen LogP contribution in [0.2, 0.25) is 0 Å². The Hall–Kier alpha value is 0.270. The Morgan fingerprint density at radius 2 is 1.85 bits per heavy atom. The van der Waals surface area contributed by atoms with Crippen LogP contribution in [0.5, 0.6) is 0 Å². The second-order valence-corrected chi connectivity index (χ2v) is 4.42. The van der Waals surface area contributed by atoms with Crippen LogP contribution < -0.4 is 5.73 Å². The van der Waals surface area contributed by atoms with Crippen molar-refractivity contribution in [3.05, 3.63) is 0 Å². The van der Waals surface area contributed by atoms with Crippen molar-refractivity contribution in [1.82, 2.24) is 4.90 Å². The Morgan fingerprint density at radius 1 is 1.23 bits per heavy atom. The highest BCUT2D eigenvalue weighted by Crippen LogP contribution is 2.04. The summed E-state index contributed by atoms with van der Waals surface area (Å²) in [5.74, 6) is 2.33. The standard InChI is InChI=1S/C10H24N2S/c1-4-10(11)9-13-8-7-12(5-2)6-3/h10H,4-9,11H2,1-3H3. The summed E-state index contributed by atoms with van der Waals surface area (Å²) in [6.07, 6.45) is 1.10. The molecule has 0 aliphatic heterocycles. The van der Waals surface area contributed by atoms with Gasteiger partial charge in [0.15, 0.2) is 0 Å². The first-order valence-electron chi connectivity index (χ1n) is 5.30. The van der Waals surface area contributed by atoms with Gasteiger partial charge >= 0.3 is 0 Å². The Balaban J connectivity index is 3.23. The summed E-state index contributed by atoms with van der Waals surface area (Å²) >= 11 is 1.98. The molecule has 0 heterocycles. The lowest BCUT2D eigenvalue weighted by Crippen LogP contribution is -2.27. The minimum Gasteiger partial charge on any atom is -0.327 e. The maximum Gasteiger partial charge on any atom is 0.0127 e. The molecule has 0 aliphatic rings. The highest BCUT2D eigenvalue weighted by molar-refractivity contribution is 7.99. The molecule has 2 N–H and O–H groups in total. The van der Waals surface area contributed by atoms with E-state index in [4.69, 9.17) is 5.73 Å². The van der Waals surface area contributed by atoms with E-state index in [1.54, 1.807) is 0 Å². The number of rotatable bonds is 8. The first kappa shape index (κ1) is 13.3. The molecule has 1 unspecified atom stereocenters. The van der Waals surface area contributed by atoms with Crippen LogP contribution in [-0.2, 0) is 0 Å². The number of nitrogens with two attached hydrogens (primary N) is 1. The summed E-state index contributed by atoms with van der Waals surface area (Å²) in [5, 5.41) is 0. The van der Waals surface area contributed by atoms with E-state index in [0.717, 1.165) is 25.3 Å². The van der Waals surface area contributed by atoms with E-state index in [9.17, 15) is 0 Å². The zero-order valence-electron chi connectivity index (χ0n) is 9.25. The lowest BCUT2D eigenvalue weighted by molar-refractivity contribution is 0.324. The highest BCUT2D eigenvalue weighted by Gasteiger charge is 2.01. The fourth-order valence-electron chi connectivity index (χ4n) is 1.09. The van der Waals surface area contributed by atoms with Crippen LogP contribution >= 0.6 is 11.8 Å². The lowest BCUT2D eigenvalue weighted by atomic mass is 10.3. The first-order chi connectivity index (χ1) is 6.24. The van der Waals surface area contributed by atoms with Gasteiger partial charge in [-0.2, -0.15) is 11.8 Å². The third kappa shape index (κ3) is 7.35. The average Bonchev–Trinajstić information content (AvgIpc) is 2.18. The highest BCUT2D eigenvalue weighted by atomic mass is 32.2. The second kappa shape index (κ2) is 8.85. The van der Waals surface area contributed by atoms with Crippen LogP contribution in [0.4, 0.5) is 0 Å². The summed E-state index contributed by atoms with van der Waals surface area (Å²) < 4.78 is 0. The molecule has 0 spiro atoms. The van der Waals surface area contributed by atoms with Crippen LogP contribution in [0, 0.1) is 0 Å². The van der Waals surface area contributed by atoms with Gasteiger partial charge in [-0.25, -0.2) is 0 Å². The second-order valence-electron chi connectivity index (χ2n) is 3.27. The zero-order valence-corrected chi connectivity index (χ0v) is 10.1. The molecular formula is C10H24N2S. The fraction of sp³-hybridized carbons (Fsp3) is 1.00. The summed E-state index contributed by atoms with van der Waals surface area (Å²) in [4.78, 5) is 2.45. The van der Waals surface area contributed by atoms with Gasteiger partial charge < -0.3 is 10.6 Å². The molecule has 0 radical (unpaired) electrons. The summed E-state index contributed by atoms with van der Waals surface area (Å²) in [6, 6.07) is 0.390. The molecule has 0 fully saturated rings. The molecule has 0 saturated carbocycles. The van der Waals surface area contributed by atoms with Gasteiger partial charge in [0.05, 0.1) is 0 Å². The molecule has 0 saturated heterocycles. The van der Waals surface area contributed by atoms with Gasteiger partial charge in [-0.15, -0.1) is 0 Å². The SMILES string of the molecule is CCC(N)CSCCN(CC)CC. The Labute approximate surface area is 87.2 Å². The van der Waals surface area contributed by atoms with E-state index in [1.165, 1.54) is 12.3 Å². The monoisotopic (exact) mass is 204 g/mol. The van der Waals surface area contributed by atoms with E-state index in [1.807, 2.05) is 11.8 Å². The Kier molecular flexibility index (Phi) is 9.03. The summed E-state index contributed by atoms with van der Waals surface area (Å²) in [5.41, 5.74) is 5.82. The molecule has 0 aromatic carbocycles. The normalized spacial score (nSPS) is 13.6. The van der Waals surface area contributed by atoms with Gasteiger partial charge in [-0.05, 0) is 19.5 Å². The van der Waals surface area contributed by atoms with Crippen molar-refractivity contribution in [2.75, 3.05) is 31.1 Å². The van der Waals surface area contributed by atoms with E-state index in [2.05, 4.69) is 25.7 Å². The molecular weight excluding hydrogens is 180 g/mol. The van der Waals surface area contributed by atoms with Crippen LogP contribution in [0.3, 0.4) is 0 Å². The molecule has 0 amide bonds. The van der Waals surface area contributed by atoms with Crippen molar-refractivity contribution in [1.29, 1.82) is 0 Å². The zero-order chi connectivity index (χ0) is 10.1. The molecule has 0 rings (SSSR count). The molecule has 0 aromatic rings. The molecule has 1 atom stereocenters. The van der Waals surface area contributed by atoms with Gasteiger partial charge in [0, 0.05) is 24.1 Å². The van der Waals surface area contributed by atoms with Crippen LogP contribution in [0.15, 0.2) is 0 Å². The predicted molar refractivity (Wildman–Crippen MR) is 63.4 cm³/mol. The van der Waals surface area contributed by atoms with Crippen molar-refractivity contribution in [2.45, 2.75) is 33.2 Å². The number of thioether (sulfide) groups is 1. The number of hydrogen-bond donors (Lipinski definition) is 1. The smallest absolute Gasteiger partial charge is 0.0127 e. The first-order valence-corrected chi connectivity index (χ1v) is 6.45. The molecule has 0 aromatic heterocycles. The maximum atomic E-state index is 5.82. The topological polar surface area (TPSA) is 29.3 Å². The molecule has 80 valence electrons. The van der Waals surface area contributed by atoms with Crippen molar-refractivity contribution in [2.24, 2.45) is 5.73 Å². The minimum absolute atomic E-state index is 0.390. The van der Waals surface area contributed by atoms with Crippen molar-refractivity contribution in [3.63, 3.8) is 0 Å². The van der Waals surface area contributed by atoms with Gasteiger partial charge in [-0.3, -0.25) is 0 Å². The van der Waals surface area contributed by atoms with E-state index < -0.39 is 0 Å². The fourth-order valence-corrected chi connectivity index (χ4v) is 2.18. The third-order valence-electron chi connectivity index (χ3n) is 2.30. The van der Waals surface area contributed by atoms with Crippen molar-refractivity contribution in [3.8, 4) is 0 Å². The average molecular weight is 204 g/mol. The third-order valence-corrected chi connectivity index (χ3v) is 3.44. The number of nitrogens with zero attached hydrogens (tertiary/aromatic N) is 1. The van der Waals surface area contributed by atoms with E-state index in [-0.39, 0.29) is 0 Å². The van der Waals surface area contributed by atoms with Crippen LogP contribution in [0.1, 0.15) is 27.2 Å². The van der Waals surface area contributed by atoms with Gasteiger partial charge in [-0.1, -0.05) is 20.8 Å². The summed E-state index contributed by atoms with van der Waals surface area (Å²) in [6.45, 7) is 10.1. The van der Waals surface area contributed by atoms with Gasteiger partial charge in [0.1, 0.15) is 0 Å². The van der Waals surface area contributed by atoms with Gasteiger partial charge in [0.2, 0.25) is 0 Å². The van der Waals surface area contributed by atoms with Crippen molar-refractivity contribution < 1.29 is 0 Å². The van der Waals surface area contributed by atoms with Crippen LogP contribution in [-0.4, -0.2) is 42.1 Å². The molecule has 2 nitrogen and oxygen atoms in total. The molecule has 3 heteroatoms.